The van der Waals surface area contributed by atoms with Crippen LogP contribution < -0.4 is 0 Å². The Balaban J connectivity index is 2.06. The van der Waals surface area contributed by atoms with Crippen molar-refractivity contribution in [3.8, 4) is 0 Å². The Morgan fingerprint density at radius 3 is 2.62 bits per heavy atom. The molecule has 1 aliphatic rings. The number of nitrogens with zero attached hydrogens (tertiary/aromatic N) is 1. The summed E-state index contributed by atoms with van der Waals surface area (Å²) in [7, 11) is 0. The number of piperidine rings is 1. The number of benzene rings is 1. The summed E-state index contributed by atoms with van der Waals surface area (Å²) in [5.41, 5.74) is 2.15. The number of likely N-dealkylation sites (tertiary alicyclic amines) is 1. The molecule has 1 fully saturated rings. The van der Waals surface area contributed by atoms with Crippen molar-refractivity contribution in [3.05, 3.63) is 35.4 Å². The van der Waals surface area contributed by atoms with Gasteiger partial charge in [-0.1, -0.05) is 31.2 Å². The lowest BCUT2D eigenvalue weighted by Gasteiger charge is -2.39. The molecule has 1 unspecified atom stereocenters. The van der Waals surface area contributed by atoms with Crippen molar-refractivity contribution in [2.75, 3.05) is 13.1 Å². The van der Waals surface area contributed by atoms with Crippen molar-refractivity contribution < 1.29 is 9.90 Å². The fraction of sp³-hybridized carbons (Fsp3) is 0.611. The van der Waals surface area contributed by atoms with E-state index in [1.807, 2.05) is 13.8 Å². The molecular formula is C18H27NO2. The maximum absolute atomic E-state index is 11.5. The van der Waals surface area contributed by atoms with Crippen LogP contribution in [0.15, 0.2) is 24.3 Å². The fourth-order valence-corrected chi connectivity index (χ4v) is 3.26. The maximum atomic E-state index is 11.5. The van der Waals surface area contributed by atoms with Gasteiger partial charge in [-0.05, 0) is 56.7 Å². The molecule has 1 heterocycles. The molecule has 3 heteroatoms. The molecule has 0 radical (unpaired) electrons. The van der Waals surface area contributed by atoms with Crippen molar-refractivity contribution in [3.63, 3.8) is 0 Å². The molecular weight excluding hydrogens is 262 g/mol. The molecule has 1 aromatic rings. The highest BCUT2D eigenvalue weighted by Gasteiger charge is 2.38. The number of hydrogen-bond acceptors (Lipinski definition) is 2. The minimum atomic E-state index is -0.677. The van der Waals surface area contributed by atoms with E-state index in [2.05, 4.69) is 36.1 Å². The Hall–Kier alpha value is -1.35. The Bertz CT molecular complexity index is 496. The van der Waals surface area contributed by atoms with Gasteiger partial charge in [-0.15, -0.1) is 0 Å². The second kappa shape index (κ2) is 6.61. The van der Waals surface area contributed by atoms with Crippen molar-refractivity contribution in [2.24, 2.45) is 11.3 Å². The third-order valence-corrected chi connectivity index (χ3v) is 4.97. The number of hydrogen-bond donors (Lipinski definition) is 1. The normalized spacial score (nSPS) is 20.4. The molecule has 0 bridgehead atoms. The summed E-state index contributed by atoms with van der Waals surface area (Å²) in [6.07, 6.45) is 3.16. The van der Waals surface area contributed by atoms with Crippen molar-refractivity contribution in [1.82, 2.24) is 4.90 Å². The van der Waals surface area contributed by atoms with Gasteiger partial charge >= 0.3 is 5.97 Å². The van der Waals surface area contributed by atoms with Crippen LogP contribution in [0.25, 0.3) is 0 Å². The Labute approximate surface area is 128 Å². The van der Waals surface area contributed by atoms with Crippen molar-refractivity contribution >= 4 is 5.97 Å². The average molecular weight is 289 g/mol. The van der Waals surface area contributed by atoms with E-state index in [9.17, 15) is 9.90 Å². The molecule has 0 aromatic heterocycles. The van der Waals surface area contributed by atoms with Gasteiger partial charge in [-0.2, -0.15) is 0 Å². The van der Waals surface area contributed by atoms with Gasteiger partial charge in [0.2, 0.25) is 0 Å². The summed E-state index contributed by atoms with van der Waals surface area (Å²) in [4.78, 5) is 13.9. The van der Waals surface area contributed by atoms with E-state index in [1.54, 1.807) is 0 Å². The molecule has 1 saturated heterocycles. The molecule has 1 N–H and O–H groups in total. The van der Waals surface area contributed by atoms with Crippen molar-refractivity contribution in [2.45, 2.75) is 46.6 Å². The van der Waals surface area contributed by atoms with Crippen molar-refractivity contribution in [1.29, 1.82) is 0 Å². The lowest BCUT2D eigenvalue weighted by Crippen LogP contribution is -2.44. The van der Waals surface area contributed by atoms with E-state index in [0.717, 1.165) is 38.9 Å². The minimum absolute atomic E-state index is 0.234. The number of carboxylic acid groups (broad SMARTS) is 1. The first-order valence-electron chi connectivity index (χ1n) is 7.97. The number of aryl methyl sites for hydroxylation is 1. The van der Waals surface area contributed by atoms with E-state index in [1.165, 1.54) is 11.1 Å². The predicted octanol–water partition coefficient (Wildman–Crippen LogP) is 3.57. The highest BCUT2D eigenvalue weighted by atomic mass is 16.4. The monoisotopic (exact) mass is 289 g/mol. The summed E-state index contributed by atoms with van der Waals surface area (Å²) in [6, 6.07) is 8.58. The molecule has 0 saturated carbocycles. The van der Waals surface area contributed by atoms with Crippen LogP contribution in [0.1, 0.15) is 44.7 Å². The molecule has 116 valence electrons. The number of rotatable bonds is 5. The van der Waals surface area contributed by atoms with Crippen LogP contribution in [0, 0.1) is 11.3 Å². The van der Waals surface area contributed by atoms with Crippen LogP contribution in [-0.2, 0) is 17.8 Å². The van der Waals surface area contributed by atoms with Crippen LogP contribution in [0.3, 0.4) is 0 Å². The van der Waals surface area contributed by atoms with Gasteiger partial charge < -0.3 is 5.11 Å². The zero-order chi connectivity index (χ0) is 15.5. The average Bonchev–Trinajstić information content (AvgIpc) is 2.48. The quantitative estimate of drug-likeness (QED) is 0.901. The highest BCUT2D eigenvalue weighted by molar-refractivity contribution is 5.74. The molecule has 0 aliphatic carbocycles. The smallest absolute Gasteiger partial charge is 0.309 e. The summed E-state index contributed by atoms with van der Waals surface area (Å²) < 4.78 is 0. The fourth-order valence-electron chi connectivity index (χ4n) is 3.26. The Kier molecular flexibility index (Phi) is 5.04. The van der Waals surface area contributed by atoms with Gasteiger partial charge in [0.05, 0.1) is 5.41 Å². The molecule has 21 heavy (non-hydrogen) atoms. The third-order valence-electron chi connectivity index (χ3n) is 4.97. The van der Waals surface area contributed by atoms with Crippen LogP contribution in [0.2, 0.25) is 0 Å². The molecule has 3 nitrogen and oxygen atoms in total. The number of carbonyl (C=O) groups is 1. The second-order valence-electron chi connectivity index (χ2n) is 6.72. The van der Waals surface area contributed by atoms with E-state index in [4.69, 9.17) is 0 Å². The standard InChI is InChI=1S/C18H27NO2/c1-4-14-8-5-6-9-15(14)12-19-11-7-10-16(13-19)18(2,3)17(20)21/h5-6,8-9,16H,4,7,10-13H2,1-3H3,(H,20,21). The zero-order valence-electron chi connectivity index (χ0n) is 13.4. The van der Waals surface area contributed by atoms with Crippen LogP contribution in [0.4, 0.5) is 0 Å². The molecule has 0 spiro atoms. The van der Waals surface area contributed by atoms with Gasteiger partial charge in [0, 0.05) is 13.1 Å². The lowest BCUT2D eigenvalue weighted by atomic mass is 9.74. The van der Waals surface area contributed by atoms with Gasteiger partial charge in [-0.25, -0.2) is 0 Å². The maximum Gasteiger partial charge on any atom is 0.309 e. The molecule has 1 aliphatic heterocycles. The summed E-state index contributed by atoms with van der Waals surface area (Å²) >= 11 is 0. The molecule has 1 aromatic carbocycles. The molecule has 0 amide bonds. The summed E-state index contributed by atoms with van der Waals surface area (Å²) in [6.45, 7) is 8.82. The van der Waals surface area contributed by atoms with E-state index in [0.29, 0.717) is 0 Å². The van der Waals surface area contributed by atoms with Crippen LogP contribution >= 0.6 is 0 Å². The first-order chi connectivity index (χ1) is 9.95. The van der Waals surface area contributed by atoms with Crippen LogP contribution in [-0.4, -0.2) is 29.1 Å². The second-order valence-corrected chi connectivity index (χ2v) is 6.72. The predicted molar refractivity (Wildman–Crippen MR) is 85.2 cm³/mol. The van der Waals surface area contributed by atoms with Gasteiger partial charge in [-0.3, -0.25) is 9.69 Å². The van der Waals surface area contributed by atoms with Gasteiger partial charge in [0.15, 0.2) is 0 Å². The first kappa shape index (κ1) is 16.0. The summed E-state index contributed by atoms with van der Waals surface area (Å²) in [5, 5.41) is 9.43. The molecule has 2 rings (SSSR count). The van der Waals surface area contributed by atoms with Gasteiger partial charge in [0.25, 0.3) is 0 Å². The first-order valence-corrected chi connectivity index (χ1v) is 7.97. The SMILES string of the molecule is CCc1ccccc1CN1CCCC(C(C)(C)C(=O)O)C1. The Morgan fingerprint density at radius 2 is 2.00 bits per heavy atom. The third kappa shape index (κ3) is 3.65. The number of aliphatic carboxylic acids is 1. The van der Waals surface area contributed by atoms with E-state index < -0.39 is 11.4 Å². The lowest BCUT2D eigenvalue weighted by molar-refractivity contribution is -0.151. The van der Waals surface area contributed by atoms with E-state index in [-0.39, 0.29) is 5.92 Å². The topological polar surface area (TPSA) is 40.5 Å². The van der Waals surface area contributed by atoms with Gasteiger partial charge in [0.1, 0.15) is 0 Å². The number of carboxylic acids is 1. The van der Waals surface area contributed by atoms with E-state index >= 15 is 0 Å². The zero-order valence-corrected chi connectivity index (χ0v) is 13.4. The van der Waals surface area contributed by atoms with Crippen LogP contribution in [0.5, 0.6) is 0 Å². The Morgan fingerprint density at radius 1 is 1.33 bits per heavy atom. The molecule has 1 atom stereocenters. The minimum Gasteiger partial charge on any atom is -0.481 e. The highest BCUT2D eigenvalue weighted by Crippen LogP contribution is 2.34. The summed E-state index contributed by atoms with van der Waals surface area (Å²) in [5.74, 6) is -0.444. The largest absolute Gasteiger partial charge is 0.481 e.